The van der Waals surface area contributed by atoms with Crippen LogP contribution in [-0.4, -0.2) is 49.7 Å². The highest BCUT2D eigenvalue weighted by atomic mass is 32.2. The minimum atomic E-state index is -3.50. The highest BCUT2D eigenvalue weighted by Crippen LogP contribution is 2.18. The summed E-state index contributed by atoms with van der Waals surface area (Å²) >= 11 is 0. The molecule has 1 heterocycles. The molecular formula is C18H21N3O3S. The van der Waals surface area contributed by atoms with Gasteiger partial charge in [0.25, 0.3) is 5.91 Å². The molecular weight excluding hydrogens is 338 g/mol. The van der Waals surface area contributed by atoms with Gasteiger partial charge in [-0.2, -0.15) is 4.31 Å². The van der Waals surface area contributed by atoms with E-state index in [4.69, 9.17) is 5.73 Å². The molecule has 0 saturated carbocycles. The molecule has 1 aliphatic rings. The topological polar surface area (TPSA) is 83.7 Å². The van der Waals surface area contributed by atoms with E-state index in [9.17, 15) is 13.2 Å². The van der Waals surface area contributed by atoms with Crippen LogP contribution in [0.3, 0.4) is 0 Å². The van der Waals surface area contributed by atoms with Gasteiger partial charge in [-0.15, -0.1) is 0 Å². The second kappa shape index (κ2) is 7.35. The average Bonchev–Trinajstić information content (AvgIpc) is 2.68. The third kappa shape index (κ3) is 3.73. The minimum Gasteiger partial charge on any atom is -0.336 e. The van der Waals surface area contributed by atoms with Gasteiger partial charge >= 0.3 is 0 Å². The van der Waals surface area contributed by atoms with E-state index in [2.05, 4.69) is 0 Å². The van der Waals surface area contributed by atoms with Crippen LogP contribution >= 0.6 is 0 Å². The Bertz CT molecular complexity index is 828. The van der Waals surface area contributed by atoms with Gasteiger partial charge in [0.1, 0.15) is 0 Å². The summed E-state index contributed by atoms with van der Waals surface area (Å²) in [6, 6.07) is 15.6. The van der Waals surface area contributed by atoms with E-state index in [1.807, 2.05) is 12.1 Å². The number of carbonyl (C=O) groups excluding carboxylic acids is 1. The SMILES string of the molecule is NCc1ccc(C(=O)N2CCN(S(=O)(=O)c3ccccc3)CC2)cc1. The molecule has 7 heteroatoms. The lowest BCUT2D eigenvalue weighted by Gasteiger charge is -2.34. The Hall–Kier alpha value is -2.22. The van der Waals surface area contributed by atoms with Gasteiger partial charge in [-0.3, -0.25) is 4.79 Å². The number of benzene rings is 2. The van der Waals surface area contributed by atoms with E-state index in [1.165, 1.54) is 4.31 Å². The molecule has 1 saturated heterocycles. The first kappa shape index (κ1) is 17.6. The molecule has 6 nitrogen and oxygen atoms in total. The normalized spacial score (nSPS) is 16.0. The van der Waals surface area contributed by atoms with E-state index in [0.29, 0.717) is 38.3 Å². The molecule has 3 rings (SSSR count). The maximum atomic E-state index is 12.6. The Morgan fingerprint density at radius 1 is 0.920 bits per heavy atom. The molecule has 0 unspecified atom stereocenters. The summed E-state index contributed by atoms with van der Waals surface area (Å²) in [6.07, 6.45) is 0. The third-order valence-corrected chi connectivity index (χ3v) is 6.26. The van der Waals surface area contributed by atoms with Crippen LogP contribution in [0.4, 0.5) is 0 Å². The first-order chi connectivity index (χ1) is 12.0. The van der Waals surface area contributed by atoms with Crippen LogP contribution in [0.25, 0.3) is 0 Å². The molecule has 1 aliphatic heterocycles. The van der Waals surface area contributed by atoms with Crippen molar-refractivity contribution < 1.29 is 13.2 Å². The number of hydrogen-bond donors (Lipinski definition) is 1. The zero-order valence-corrected chi connectivity index (χ0v) is 14.7. The Balaban J connectivity index is 1.66. The molecule has 2 aromatic carbocycles. The van der Waals surface area contributed by atoms with Crippen LogP contribution in [0.15, 0.2) is 59.5 Å². The molecule has 0 aliphatic carbocycles. The van der Waals surface area contributed by atoms with Gasteiger partial charge in [-0.25, -0.2) is 8.42 Å². The average molecular weight is 359 g/mol. The summed E-state index contributed by atoms with van der Waals surface area (Å²) in [5.74, 6) is -0.0830. The highest BCUT2D eigenvalue weighted by Gasteiger charge is 2.30. The lowest BCUT2D eigenvalue weighted by atomic mass is 10.1. The Kier molecular flexibility index (Phi) is 5.17. The summed E-state index contributed by atoms with van der Waals surface area (Å²) < 4.78 is 26.7. The number of carbonyl (C=O) groups is 1. The fourth-order valence-corrected chi connectivity index (χ4v) is 4.28. The summed E-state index contributed by atoms with van der Waals surface area (Å²) in [7, 11) is -3.50. The van der Waals surface area contributed by atoms with Gasteiger partial charge in [0.2, 0.25) is 10.0 Å². The Labute approximate surface area is 147 Å². The molecule has 0 aromatic heterocycles. The quantitative estimate of drug-likeness (QED) is 0.892. The summed E-state index contributed by atoms with van der Waals surface area (Å²) in [6.45, 7) is 1.78. The minimum absolute atomic E-state index is 0.0830. The van der Waals surface area contributed by atoms with Gasteiger partial charge in [-0.05, 0) is 29.8 Å². The van der Waals surface area contributed by atoms with Crippen molar-refractivity contribution in [3.63, 3.8) is 0 Å². The maximum absolute atomic E-state index is 12.6. The molecule has 0 radical (unpaired) electrons. The van der Waals surface area contributed by atoms with Crippen molar-refractivity contribution in [2.45, 2.75) is 11.4 Å². The van der Waals surface area contributed by atoms with Crippen molar-refractivity contribution in [2.75, 3.05) is 26.2 Å². The van der Waals surface area contributed by atoms with Crippen molar-refractivity contribution in [3.05, 3.63) is 65.7 Å². The van der Waals surface area contributed by atoms with E-state index in [0.717, 1.165) is 5.56 Å². The zero-order chi connectivity index (χ0) is 17.9. The lowest BCUT2D eigenvalue weighted by molar-refractivity contribution is 0.0698. The first-order valence-electron chi connectivity index (χ1n) is 8.16. The number of rotatable bonds is 4. The van der Waals surface area contributed by atoms with Crippen molar-refractivity contribution in [3.8, 4) is 0 Å². The van der Waals surface area contributed by atoms with Gasteiger partial charge in [0, 0.05) is 38.3 Å². The summed E-state index contributed by atoms with van der Waals surface area (Å²) in [5, 5.41) is 0. The van der Waals surface area contributed by atoms with E-state index < -0.39 is 10.0 Å². The molecule has 132 valence electrons. The second-order valence-corrected chi connectivity index (χ2v) is 7.85. The predicted molar refractivity (Wildman–Crippen MR) is 95.4 cm³/mol. The molecule has 25 heavy (non-hydrogen) atoms. The molecule has 1 fully saturated rings. The molecule has 0 bridgehead atoms. The first-order valence-corrected chi connectivity index (χ1v) is 9.60. The number of nitrogens with zero attached hydrogens (tertiary/aromatic N) is 2. The lowest BCUT2D eigenvalue weighted by Crippen LogP contribution is -2.50. The van der Waals surface area contributed by atoms with E-state index >= 15 is 0 Å². The van der Waals surface area contributed by atoms with Crippen molar-refractivity contribution in [1.29, 1.82) is 0 Å². The Morgan fingerprint density at radius 2 is 1.52 bits per heavy atom. The van der Waals surface area contributed by atoms with Gasteiger partial charge in [-0.1, -0.05) is 30.3 Å². The van der Waals surface area contributed by atoms with Gasteiger partial charge in [0.05, 0.1) is 4.90 Å². The van der Waals surface area contributed by atoms with Crippen LogP contribution in [0.5, 0.6) is 0 Å². The highest BCUT2D eigenvalue weighted by molar-refractivity contribution is 7.89. The fourth-order valence-electron chi connectivity index (χ4n) is 2.84. The molecule has 0 spiro atoms. The standard InChI is InChI=1S/C18H21N3O3S/c19-14-15-6-8-16(9-7-15)18(22)20-10-12-21(13-11-20)25(23,24)17-4-2-1-3-5-17/h1-9H,10-14,19H2. The summed E-state index contributed by atoms with van der Waals surface area (Å²) in [4.78, 5) is 14.5. The zero-order valence-electron chi connectivity index (χ0n) is 13.8. The van der Waals surface area contributed by atoms with Crippen LogP contribution in [0.2, 0.25) is 0 Å². The number of nitrogens with two attached hydrogens (primary N) is 1. The number of piperazine rings is 1. The largest absolute Gasteiger partial charge is 0.336 e. The maximum Gasteiger partial charge on any atom is 0.253 e. The molecule has 2 aromatic rings. The summed E-state index contributed by atoms with van der Waals surface area (Å²) in [5.41, 5.74) is 7.13. The smallest absolute Gasteiger partial charge is 0.253 e. The number of amides is 1. The number of hydrogen-bond acceptors (Lipinski definition) is 4. The fraction of sp³-hybridized carbons (Fsp3) is 0.278. The van der Waals surface area contributed by atoms with Crippen molar-refractivity contribution in [1.82, 2.24) is 9.21 Å². The predicted octanol–water partition coefficient (Wildman–Crippen LogP) is 1.29. The third-order valence-electron chi connectivity index (χ3n) is 4.34. The van der Waals surface area contributed by atoms with Crippen molar-refractivity contribution in [2.24, 2.45) is 5.73 Å². The van der Waals surface area contributed by atoms with Crippen molar-refractivity contribution >= 4 is 15.9 Å². The van der Waals surface area contributed by atoms with E-state index in [1.54, 1.807) is 47.4 Å². The number of sulfonamides is 1. The van der Waals surface area contributed by atoms with Crippen LogP contribution in [0.1, 0.15) is 15.9 Å². The molecule has 2 N–H and O–H groups in total. The molecule has 1 amide bonds. The molecule has 0 atom stereocenters. The second-order valence-electron chi connectivity index (χ2n) is 5.91. The van der Waals surface area contributed by atoms with Crippen LogP contribution in [0, 0.1) is 0 Å². The van der Waals surface area contributed by atoms with Crippen LogP contribution < -0.4 is 5.73 Å². The Morgan fingerprint density at radius 3 is 2.08 bits per heavy atom. The monoisotopic (exact) mass is 359 g/mol. The van der Waals surface area contributed by atoms with Gasteiger partial charge in [0.15, 0.2) is 0 Å². The van der Waals surface area contributed by atoms with Gasteiger partial charge < -0.3 is 10.6 Å². The van der Waals surface area contributed by atoms with Crippen LogP contribution in [-0.2, 0) is 16.6 Å². The van der Waals surface area contributed by atoms with E-state index in [-0.39, 0.29) is 10.8 Å².